The van der Waals surface area contributed by atoms with E-state index in [1.165, 1.54) is 19.3 Å². The Morgan fingerprint density at radius 3 is 2.11 bits per heavy atom. The van der Waals surface area contributed by atoms with Gasteiger partial charge in [-0.15, -0.1) is 0 Å². The van der Waals surface area contributed by atoms with Gasteiger partial charge in [0.2, 0.25) is 5.91 Å². The average molecular weight is 261 g/mol. The van der Waals surface area contributed by atoms with Crippen LogP contribution in [0.1, 0.15) is 58.8 Å². The fourth-order valence-electron chi connectivity index (χ4n) is 6.71. The van der Waals surface area contributed by atoms with Crippen LogP contribution < -0.4 is 0 Å². The van der Waals surface area contributed by atoms with E-state index in [0.29, 0.717) is 17.4 Å². The highest BCUT2D eigenvalue weighted by Crippen LogP contribution is 2.67. The van der Waals surface area contributed by atoms with E-state index in [1.54, 1.807) is 0 Å². The number of rotatable bonds is 1. The Bertz CT molecular complexity index is 465. The topological polar surface area (TPSA) is 37.4 Å². The van der Waals surface area contributed by atoms with Crippen LogP contribution in [0, 0.1) is 16.7 Å². The maximum Gasteiger partial charge on any atom is 0.230 e. The SMILES string of the molecule is CC12CC3CC(C)(C1)CC(N1CC(=O)CC1=O)(C3)C2. The van der Waals surface area contributed by atoms with Crippen molar-refractivity contribution in [2.75, 3.05) is 6.54 Å². The monoisotopic (exact) mass is 261 g/mol. The van der Waals surface area contributed by atoms with E-state index in [1.807, 2.05) is 4.90 Å². The molecule has 5 fully saturated rings. The molecular weight excluding hydrogens is 238 g/mol. The third-order valence-corrected chi connectivity index (χ3v) is 6.15. The van der Waals surface area contributed by atoms with Gasteiger partial charge >= 0.3 is 0 Å². The van der Waals surface area contributed by atoms with Crippen LogP contribution in [0.3, 0.4) is 0 Å². The molecule has 4 saturated carbocycles. The highest BCUT2D eigenvalue weighted by Gasteiger charge is 2.63. The van der Waals surface area contributed by atoms with Crippen molar-refractivity contribution in [1.29, 1.82) is 0 Å². The first-order valence-corrected chi connectivity index (χ1v) is 7.64. The molecule has 0 aromatic rings. The molecular formula is C16H23NO2. The van der Waals surface area contributed by atoms with Gasteiger partial charge in [-0.05, 0) is 55.3 Å². The number of Topliss-reactive ketones (excluding diaryl/α,β-unsaturated/α-hetero) is 1. The largest absolute Gasteiger partial charge is 0.329 e. The van der Waals surface area contributed by atoms with E-state index in [4.69, 9.17) is 0 Å². The molecule has 3 nitrogen and oxygen atoms in total. The summed E-state index contributed by atoms with van der Waals surface area (Å²) in [7, 11) is 0. The maximum absolute atomic E-state index is 12.2. The summed E-state index contributed by atoms with van der Waals surface area (Å²) in [5, 5.41) is 0. The summed E-state index contributed by atoms with van der Waals surface area (Å²) < 4.78 is 0. The molecule has 2 unspecified atom stereocenters. The molecule has 5 aliphatic rings. The summed E-state index contributed by atoms with van der Waals surface area (Å²) in [6.45, 7) is 5.21. The van der Waals surface area contributed by atoms with Gasteiger partial charge in [0, 0.05) is 5.54 Å². The molecule has 2 atom stereocenters. The highest BCUT2D eigenvalue weighted by molar-refractivity contribution is 6.05. The van der Waals surface area contributed by atoms with Crippen LogP contribution in [0.15, 0.2) is 0 Å². The zero-order chi connectivity index (χ0) is 13.5. The van der Waals surface area contributed by atoms with Gasteiger partial charge < -0.3 is 4.90 Å². The summed E-state index contributed by atoms with van der Waals surface area (Å²) in [5.74, 6) is 0.991. The van der Waals surface area contributed by atoms with Gasteiger partial charge in [-0.1, -0.05) is 13.8 Å². The van der Waals surface area contributed by atoms with E-state index in [0.717, 1.165) is 25.2 Å². The summed E-state index contributed by atoms with van der Waals surface area (Å²) in [5.41, 5.74) is 0.826. The van der Waals surface area contributed by atoms with Crippen molar-refractivity contribution in [2.45, 2.75) is 64.3 Å². The van der Waals surface area contributed by atoms with E-state index in [-0.39, 0.29) is 23.7 Å². The van der Waals surface area contributed by atoms with Crippen LogP contribution >= 0.6 is 0 Å². The Hall–Kier alpha value is -0.860. The first-order chi connectivity index (χ1) is 8.82. The number of hydrogen-bond donors (Lipinski definition) is 0. The average Bonchev–Trinajstić information content (AvgIpc) is 2.52. The third kappa shape index (κ3) is 1.56. The standard InChI is InChI=1S/C16H23NO2/c1-14-4-11-5-15(2,8-14)10-16(6-11,9-14)17-7-12(18)3-13(17)19/h11H,3-10H2,1-2H3. The number of carbonyl (C=O) groups excluding carboxylic acids is 2. The van der Waals surface area contributed by atoms with Crippen molar-refractivity contribution in [3.8, 4) is 0 Å². The van der Waals surface area contributed by atoms with Crippen LogP contribution in [0.2, 0.25) is 0 Å². The van der Waals surface area contributed by atoms with Gasteiger partial charge in [0.1, 0.15) is 0 Å². The lowest BCUT2D eigenvalue weighted by molar-refractivity contribution is -0.170. The summed E-state index contributed by atoms with van der Waals surface area (Å²) in [6.07, 6.45) is 7.54. The molecule has 3 heteroatoms. The van der Waals surface area contributed by atoms with Crippen LogP contribution in [0.25, 0.3) is 0 Å². The minimum Gasteiger partial charge on any atom is -0.329 e. The van der Waals surface area contributed by atoms with Crippen molar-refractivity contribution >= 4 is 11.7 Å². The van der Waals surface area contributed by atoms with Crippen LogP contribution in [-0.2, 0) is 9.59 Å². The lowest BCUT2D eigenvalue weighted by atomic mass is 9.42. The lowest BCUT2D eigenvalue weighted by Crippen LogP contribution is -2.65. The minimum atomic E-state index is 0.0200. The smallest absolute Gasteiger partial charge is 0.230 e. The third-order valence-electron chi connectivity index (χ3n) is 6.15. The Morgan fingerprint density at radius 2 is 1.63 bits per heavy atom. The van der Waals surface area contributed by atoms with Crippen molar-refractivity contribution in [1.82, 2.24) is 4.90 Å². The lowest BCUT2D eigenvalue weighted by Gasteiger charge is -2.67. The Labute approximate surface area is 114 Å². The molecule has 5 rings (SSSR count). The molecule has 1 amide bonds. The van der Waals surface area contributed by atoms with Gasteiger partial charge in [0.15, 0.2) is 5.78 Å². The zero-order valence-electron chi connectivity index (χ0n) is 12.0. The second-order valence-corrected chi connectivity index (χ2v) is 8.55. The van der Waals surface area contributed by atoms with Crippen LogP contribution in [0.5, 0.6) is 0 Å². The normalized spacial score (nSPS) is 52.3. The Morgan fingerprint density at radius 1 is 1.00 bits per heavy atom. The second kappa shape index (κ2) is 3.24. The fraction of sp³-hybridized carbons (Fsp3) is 0.875. The van der Waals surface area contributed by atoms with Gasteiger partial charge in [-0.3, -0.25) is 9.59 Å². The van der Waals surface area contributed by atoms with Crippen molar-refractivity contribution in [3.63, 3.8) is 0 Å². The zero-order valence-corrected chi connectivity index (χ0v) is 12.0. The molecule has 0 spiro atoms. The number of ketones is 1. The molecule has 0 N–H and O–H groups in total. The molecule has 1 saturated heterocycles. The molecule has 0 aromatic carbocycles. The first kappa shape index (κ1) is 11.9. The summed E-state index contributed by atoms with van der Waals surface area (Å²) in [6, 6.07) is 0. The van der Waals surface area contributed by atoms with Crippen molar-refractivity contribution in [3.05, 3.63) is 0 Å². The first-order valence-electron chi connectivity index (χ1n) is 7.64. The number of hydrogen-bond acceptors (Lipinski definition) is 2. The van der Waals surface area contributed by atoms with Gasteiger partial charge in [-0.2, -0.15) is 0 Å². The number of carbonyl (C=O) groups is 2. The van der Waals surface area contributed by atoms with Crippen molar-refractivity contribution < 1.29 is 9.59 Å². The highest BCUT2D eigenvalue weighted by atomic mass is 16.2. The number of likely N-dealkylation sites (tertiary alicyclic amines) is 1. The van der Waals surface area contributed by atoms with E-state index in [9.17, 15) is 9.59 Å². The van der Waals surface area contributed by atoms with Gasteiger partial charge in [0.05, 0.1) is 13.0 Å². The van der Waals surface area contributed by atoms with Gasteiger partial charge in [-0.25, -0.2) is 0 Å². The molecule has 4 aliphatic carbocycles. The number of amides is 1. The van der Waals surface area contributed by atoms with E-state index < -0.39 is 0 Å². The van der Waals surface area contributed by atoms with Crippen molar-refractivity contribution in [2.24, 2.45) is 16.7 Å². The summed E-state index contributed by atoms with van der Waals surface area (Å²) in [4.78, 5) is 25.9. The molecule has 0 radical (unpaired) electrons. The molecule has 1 heterocycles. The Balaban J connectivity index is 1.75. The second-order valence-electron chi connectivity index (χ2n) is 8.55. The van der Waals surface area contributed by atoms with Crippen LogP contribution in [0.4, 0.5) is 0 Å². The number of nitrogens with zero attached hydrogens (tertiary/aromatic N) is 1. The van der Waals surface area contributed by atoms with E-state index in [2.05, 4.69) is 13.8 Å². The fourth-order valence-corrected chi connectivity index (χ4v) is 6.71. The Kier molecular flexibility index (Phi) is 2.03. The molecule has 104 valence electrons. The van der Waals surface area contributed by atoms with Gasteiger partial charge in [0.25, 0.3) is 0 Å². The predicted molar refractivity (Wildman–Crippen MR) is 71.5 cm³/mol. The maximum atomic E-state index is 12.2. The molecule has 1 aliphatic heterocycles. The molecule has 0 aromatic heterocycles. The van der Waals surface area contributed by atoms with E-state index >= 15 is 0 Å². The summed E-state index contributed by atoms with van der Waals surface area (Å²) >= 11 is 0. The minimum absolute atomic E-state index is 0.0200. The quantitative estimate of drug-likeness (QED) is 0.680. The molecule has 19 heavy (non-hydrogen) atoms. The predicted octanol–water partition coefficient (Wildman–Crippen LogP) is 2.54. The molecule has 4 bridgehead atoms. The van der Waals surface area contributed by atoms with Crippen LogP contribution in [-0.4, -0.2) is 28.7 Å².